The van der Waals surface area contributed by atoms with E-state index in [0.29, 0.717) is 24.2 Å². The Morgan fingerprint density at radius 3 is 2.32 bits per heavy atom. The van der Waals surface area contributed by atoms with E-state index < -0.39 is 29.6 Å². The lowest BCUT2D eigenvalue weighted by Crippen LogP contribution is -2.39. The Balaban J connectivity index is 1.91. The van der Waals surface area contributed by atoms with Gasteiger partial charge in [-0.15, -0.1) is 0 Å². The fourth-order valence-corrected chi connectivity index (χ4v) is 4.14. The summed E-state index contributed by atoms with van der Waals surface area (Å²) < 4.78 is 10.2. The van der Waals surface area contributed by atoms with E-state index in [-0.39, 0.29) is 47.6 Å². The molecule has 13 heteroatoms. The van der Waals surface area contributed by atoms with Crippen molar-refractivity contribution in [3.8, 4) is 5.75 Å². The van der Waals surface area contributed by atoms with Crippen molar-refractivity contribution in [1.29, 1.82) is 0 Å². The van der Waals surface area contributed by atoms with Crippen LogP contribution in [0.4, 0.5) is 10.6 Å². The molecule has 1 atom stereocenters. The molecule has 0 saturated carbocycles. The van der Waals surface area contributed by atoms with Crippen molar-refractivity contribution in [3.05, 3.63) is 51.6 Å². The highest BCUT2D eigenvalue weighted by atomic mass is 35.5. The maximum absolute atomic E-state index is 12.8. The zero-order valence-corrected chi connectivity index (χ0v) is 25.3. The SMILES string of the molecule is COC(=O)CC(NC(=O)CNC(=O)CCCCN(C(=O)OC(C)(C)C)c1cc(C)ccn1)c1cc(Cl)c(O)c(Cl)c1. The lowest BCUT2D eigenvalue weighted by Gasteiger charge is -2.27. The minimum absolute atomic E-state index is 0.0478. The average Bonchev–Trinajstić information content (AvgIpc) is 2.88. The number of nitrogens with one attached hydrogen (secondary N) is 2. The molecule has 0 bridgehead atoms. The van der Waals surface area contributed by atoms with Crippen LogP contribution in [0.15, 0.2) is 30.5 Å². The number of esters is 1. The van der Waals surface area contributed by atoms with Crippen LogP contribution >= 0.6 is 23.2 Å². The third-order valence-electron chi connectivity index (χ3n) is 5.65. The highest BCUT2D eigenvalue weighted by molar-refractivity contribution is 6.37. The third kappa shape index (κ3) is 11.4. The van der Waals surface area contributed by atoms with Gasteiger partial charge in [0.1, 0.15) is 11.4 Å². The summed E-state index contributed by atoms with van der Waals surface area (Å²) in [5.74, 6) is -1.39. The number of aryl methyl sites for hydroxylation is 1. The van der Waals surface area contributed by atoms with Crippen molar-refractivity contribution in [1.82, 2.24) is 15.6 Å². The molecule has 1 aromatic carbocycles. The van der Waals surface area contributed by atoms with E-state index in [0.717, 1.165) is 5.56 Å². The number of rotatable bonds is 12. The molecule has 0 radical (unpaired) electrons. The lowest BCUT2D eigenvalue weighted by molar-refractivity contribution is -0.141. The van der Waals surface area contributed by atoms with Crippen LogP contribution in [0, 0.1) is 6.92 Å². The first-order valence-electron chi connectivity index (χ1n) is 12.9. The van der Waals surface area contributed by atoms with Gasteiger partial charge in [-0.25, -0.2) is 9.78 Å². The number of anilines is 1. The largest absolute Gasteiger partial charge is 0.505 e. The average molecular weight is 612 g/mol. The van der Waals surface area contributed by atoms with Gasteiger partial charge in [0.05, 0.1) is 36.2 Å². The van der Waals surface area contributed by atoms with Gasteiger partial charge in [0.2, 0.25) is 11.8 Å². The minimum atomic E-state index is -0.864. The summed E-state index contributed by atoms with van der Waals surface area (Å²) in [6.45, 7) is 7.17. The van der Waals surface area contributed by atoms with Gasteiger partial charge in [0.25, 0.3) is 0 Å². The van der Waals surface area contributed by atoms with E-state index in [9.17, 15) is 24.3 Å². The molecular formula is C28H36Cl2N4O7. The van der Waals surface area contributed by atoms with Gasteiger partial charge >= 0.3 is 12.1 Å². The van der Waals surface area contributed by atoms with Crippen molar-refractivity contribution in [3.63, 3.8) is 0 Å². The van der Waals surface area contributed by atoms with Crippen LogP contribution in [-0.4, -0.2) is 59.8 Å². The number of pyridine rings is 1. The summed E-state index contributed by atoms with van der Waals surface area (Å²) >= 11 is 12.0. The number of ether oxygens (including phenoxy) is 2. The van der Waals surface area contributed by atoms with Crippen LogP contribution in [0.1, 0.15) is 63.6 Å². The Bertz CT molecular complexity index is 1230. The van der Waals surface area contributed by atoms with E-state index in [2.05, 4.69) is 15.6 Å². The second-order valence-electron chi connectivity index (χ2n) is 10.3. The first kappa shape index (κ1) is 33.6. The number of carbonyl (C=O) groups is 4. The molecule has 0 aliphatic heterocycles. The Morgan fingerprint density at radius 1 is 1.07 bits per heavy atom. The molecule has 0 spiro atoms. The Labute approximate surface area is 249 Å². The monoisotopic (exact) mass is 610 g/mol. The number of hydrogen-bond acceptors (Lipinski definition) is 8. The number of phenols is 1. The fraction of sp³-hybridized carbons (Fsp3) is 0.464. The molecule has 1 heterocycles. The maximum Gasteiger partial charge on any atom is 0.416 e. The minimum Gasteiger partial charge on any atom is -0.505 e. The zero-order valence-electron chi connectivity index (χ0n) is 23.8. The number of methoxy groups -OCH3 is 1. The number of carbonyl (C=O) groups excluding carboxylic acids is 4. The van der Waals surface area contributed by atoms with Crippen LogP contribution in [-0.2, 0) is 23.9 Å². The summed E-state index contributed by atoms with van der Waals surface area (Å²) in [6.07, 6.45) is 1.89. The number of aromatic nitrogens is 1. The topological polar surface area (TPSA) is 147 Å². The van der Waals surface area contributed by atoms with Crippen molar-refractivity contribution < 1.29 is 33.8 Å². The van der Waals surface area contributed by atoms with E-state index in [1.807, 2.05) is 13.0 Å². The summed E-state index contributed by atoms with van der Waals surface area (Å²) in [7, 11) is 1.21. The molecule has 41 heavy (non-hydrogen) atoms. The molecule has 11 nitrogen and oxygen atoms in total. The lowest BCUT2D eigenvalue weighted by atomic mass is 10.0. The maximum atomic E-state index is 12.8. The van der Waals surface area contributed by atoms with E-state index in [1.165, 1.54) is 24.1 Å². The van der Waals surface area contributed by atoms with E-state index in [1.54, 1.807) is 33.0 Å². The number of nitrogens with zero attached hydrogens (tertiary/aromatic N) is 2. The summed E-state index contributed by atoms with van der Waals surface area (Å²) in [5.41, 5.74) is 0.628. The van der Waals surface area contributed by atoms with Gasteiger partial charge in [-0.1, -0.05) is 23.2 Å². The molecule has 2 aromatic rings. The molecule has 0 aliphatic rings. The normalized spacial score (nSPS) is 11.8. The second-order valence-corrected chi connectivity index (χ2v) is 11.1. The van der Waals surface area contributed by atoms with Crippen molar-refractivity contribution in [2.24, 2.45) is 0 Å². The Kier molecular flexibility index (Phi) is 12.7. The molecule has 3 amide bonds. The van der Waals surface area contributed by atoms with Crippen molar-refractivity contribution >= 4 is 52.9 Å². The summed E-state index contributed by atoms with van der Waals surface area (Å²) in [6, 6.07) is 5.49. The third-order valence-corrected chi connectivity index (χ3v) is 6.22. The first-order valence-corrected chi connectivity index (χ1v) is 13.7. The van der Waals surface area contributed by atoms with E-state index >= 15 is 0 Å². The number of phenolic OH excluding ortho intramolecular Hbond substituents is 1. The summed E-state index contributed by atoms with van der Waals surface area (Å²) in [4.78, 5) is 55.4. The van der Waals surface area contributed by atoms with Crippen LogP contribution < -0.4 is 15.5 Å². The van der Waals surface area contributed by atoms with Gasteiger partial charge in [0, 0.05) is 19.2 Å². The number of hydrogen-bond donors (Lipinski definition) is 3. The first-order chi connectivity index (χ1) is 19.2. The quantitative estimate of drug-likeness (QED) is 0.228. The molecule has 0 fully saturated rings. The predicted octanol–water partition coefficient (Wildman–Crippen LogP) is 4.85. The molecule has 1 aromatic heterocycles. The van der Waals surface area contributed by atoms with E-state index in [4.69, 9.17) is 32.7 Å². The fourth-order valence-electron chi connectivity index (χ4n) is 3.64. The smallest absolute Gasteiger partial charge is 0.416 e. The highest BCUT2D eigenvalue weighted by Crippen LogP contribution is 2.35. The van der Waals surface area contributed by atoms with Crippen LogP contribution in [0.25, 0.3) is 0 Å². The molecule has 2 rings (SSSR count). The van der Waals surface area contributed by atoms with Crippen LogP contribution in [0.3, 0.4) is 0 Å². The highest BCUT2D eigenvalue weighted by Gasteiger charge is 2.25. The zero-order chi connectivity index (χ0) is 30.7. The number of amides is 3. The Morgan fingerprint density at radius 2 is 1.73 bits per heavy atom. The van der Waals surface area contributed by atoms with Crippen LogP contribution in [0.2, 0.25) is 10.0 Å². The van der Waals surface area contributed by atoms with Gasteiger partial charge in [-0.05, 0) is 75.9 Å². The van der Waals surface area contributed by atoms with Gasteiger partial charge in [0.15, 0.2) is 5.75 Å². The van der Waals surface area contributed by atoms with Gasteiger partial charge in [-0.3, -0.25) is 19.3 Å². The number of benzene rings is 1. The van der Waals surface area contributed by atoms with Crippen molar-refractivity contribution in [2.45, 2.75) is 65.0 Å². The standard InChI is InChI=1S/C28H36Cl2N4O7/c1-17-9-10-31-22(12-17)34(27(39)41-28(2,3)4)11-7-6-8-23(35)32-16-24(36)33-21(15-25(37)40-5)18-13-19(29)26(38)20(30)14-18/h9-10,12-14,21,38H,6-8,11,15-16H2,1-5H3,(H,32,35)(H,33,36). The molecule has 224 valence electrons. The summed E-state index contributed by atoms with van der Waals surface area (Å²) in [5, 5.41) is 14.9. The molecule has 0 aliphatic carbocycles. The van der Waals surface area contributed by atoms with Gasteiger partial charge in [-0.2, -0.15) is 0 Å². The second kappa shape index (κ2) is 15.4. The number of unbranched alkanes of at least 4 members (excludes halogenated alkanes) is 1. The van der Waals surface area contributed by atoms with Crippen LogP contribution in [0.5, 0.6) is 5.75 Å². The molecule has 3 N–H and O–H groups in total. The van der Waals surface area contributed by atoms with Gasteiger partial charge < -0.3 is 25.2 Å². The molecular weight excluding hydrogens is 575 g/mol. The molecule has 1 unspecified atom stereocenters. The number of aromatic hydroxyl groups is 1. The number of halogens is 2. The Hall–Kier alpha value is -3.57. The molecule has 0 saturated heterocycles. The predicted molar refractivity (Wildman–Crippen MR) is 155 cm³/mol. The van der Waals surface area contributed by atoms with Crippen molar-refractivity contribution in [2.75, 3.05) is 25.1 Å².